The van der Waals surface area contributed by atoms with Gasteiger partial charge in [-0.15, -0.1) is 0 Å². The van der Waals surface area contributed by atoms with Gasteiger partial charge in [-0.2, -0.15) is 0 Å². The van der Waals surface area contributed by atoms with Crippen molar-refractivity contribution >= 4 is 71.7 Å². The van der Waals surface area contributed by atoms with Crippen LogP contribution in [0.15, 0.2) is 185 Å². The molecule has 2 aromatic heterocycles. The normalized spacial score (nSPS) is 11.7. The highest BCUT2D eigenvalue weighted by atomic mass is 16.3. The van der Waals surface area contributed by atoms with Gasteiger partial charge in [-0.3, -0.25) is 0 Å². The van der Waals surface area contributed by atoms with E-state index >= 15 is 0 Å². The molecule has 0 fully saturated rings. The predicted octanol–water partition coefficient (Wildman–Crippen LogP) is 13.4. The summed E-state index contributed by atoms with van der Waals surface area (Å²) in [7, 11) is 0. The van der Waals surface area contributed by atoms with E-state index in [0.717, 1.165) is 77.6 Å². The van der Waals surface area contributed by atoms with Crippen LogP contribution in [0.2, 0.25) is 0 Å². The minimum Gasteiger partial charge on any atom is -0.456 e. The number of anilines is 3. The van der Waals surface area contributed by atoms with Crippen LogP contribution in [-0.4, -0.2) is 0 Å². The summed E-state index contributed by atoms with van der Waals surface area (Å²) in [6.07, 6.45) is 0. The average Bonchev–Trinajstić information content (AvgIpc) is 3.73. The van der Waals surface area contributed by atoms with Gasteiger partial charge in [0, 0.05) is 44.5 Å². The Morgan fingerprint density at radius 2 is 0.918 bits per heavy atom. The van der Waals surface area contributed by atoms with Crippen LogP contribution in [0.25, 0.3) is 76.9 Å². The van der Waals surface area contributed by atoms with Crippen LogP contribution in [0.5, 0.6) is 0 Å². The van der Waals surface area contributed by atoms with Crippen LogP contribution in [0.4, 0.5) is 17.1 Å². The lowest BCUT2D eigenvalue weighted by molar-refractivity contribution is 0.668. The lowest BCUT2D eigenvalue weighted by atomic mass is 9.95. The zero-order valence-corrected chi connectivity index (χ0v) is 26.5. The van der Waals surface area contributed by atoms with Crippen LogP contribution >= 0.6 is 0 Å². The molecule has 0 saturated heterocycles. The average molecular weight is 628 g/mol. The van der Waals surface area contributed by atoms with Crippen molar-refractivity contribution in [3.05, 3.63) is 176 Å². The lowest BCUT2D eigenvalue weighted by Gasteiger charge is -2.28. The fourth-order valence-electron chi connectivity index (χ4n) is 7.26. The Morgan fingerprint density at radius 3 is 1.76 bits per heavy atom. The zero-order valence-electron chi connectivity index (χ0n) is 26.5. The molecule has 8 aromatic carbocycles. The Bertz CT molecular complexity index is 2840. The van der Waals surface area contributed by atoms with Gasteiger partial charge in [-0.05, 0) is 82.1 Å². The van der Waals surface area contributed by atoms with Crippen LogP contribution in [0.3, 0.4) is 0 Å². The van der Waals surface area contributed by atoms with E-state index in [0.29, 0.717) is 0 Å². The van der Waals surface area contributed by atoms with Crippen LogP contribution in [-0.2, 0) is 0 Å². The van der Waals surface area contributed by atoms with Crippen molar-refractivity contribution in [1.29, 1.82) is 0 Å². The monoisotopic (exact) mass is 627 g/mol. The Kier molecular flexibility index (Phi) is 6.18. The first-order chi connectivity index (χ1) is 24.3. The largest absolute Gasteiger partial charge is 0.456 e. The fourth-order valence-corrected chi connectivity index (χ4v) is 7.26. The van der Waals surface area contributed by atoms with Crippen LogP contribution < -0.4 is 4.90 Å². The van der Waals surface area contributed by atoms with Crippen molar-refractivity contribution in [3.63, 3.8) is 0 Å². The standard InChI is InChI=1S/C46H29NO2/c1-2-11-31(12-3-1)37-23-20-34(33-19-18-30-10-4-5-13-32(30)26-33)27-42(37)47(35-22-25-45-41(28-35)39-15-7-9-17-44(39)48-45)36-21-24-40-38-14-6-8-16-43(38)49-46(40)29-36/h1-29H. The van der Waals surface area contributed by atoms with Gasteiger partial charge in [0.05, 0.1) is 5.69 Å². The number of fused-ring (bicyclic) bond motifs is 7. The molecule has 0 radical (unpaired) electrons. The molecule has 0 bridgehead atoms. The number of hydrogen-bond donors (Lipinski definition) is 0. The Labute approximate surface area is 282 Å². The smallest absolute Gasteiger partial charge is 0.137 e. The number of rotatable bonds is 5. The second-order valence-electron chi connectivity index (χ2n) is 12.6. The van der Waals surface area contributed by atoms with Gasteiger partial charge in [0.15, 0.2) is 0 Å². The fraction of sp³-hybridized carbons (Fsp3) is 0. The second kappa shape index (κ2) is 11.0. The summed E-state index contributed by atoms with van der Waals surface area (Å²) in [5.74, 6) is 0. The van der Waals surface area contributed by atoms with Gasteiger partial charge in [-0.1, -0.05) is 115 Å². The Morgan fingerprint density at radius 1 is 0.327 bits per heavy atom. The molecule has 0 aliphatic heterocycles. The summed E-state index contributed by atoms with van der Waals surface area (Å²) >= 11 is 0. The van der Waals surface area contributed by atoms with E-state index in [2.05, 4.69) is 157 Å². The second-order valence-corrected chi connectivity index (χ2v) is 12.6. The molecule has 0 spiro atoms. The number of para-hydroxylation sites is 2. The molecular formula is C46H29NO2. The maximum absolute atomic E-state index is 6.44. The van der Waals surface area contributed by atoms with E-state index in [1.165, 1.54) is 16.3 Å². The molecule has 0 aliphatic carbocycles. The third-order valence-electron chi connectivity index (χ3n) is 9.65. The first-order valence-corrected chi connectivity index (χ1v) is 16.6. The molecule has 10 rings (SSSR count). The first-order valence-electron chi connectivity index (χ1n) is 16.6. The van der Waals surface area contributed by atoms with E-state index < -0.39 is 0 Å². The van der Waals surface area contributed by atoms with Crippen molar-refractivity contribution in [2.24, 2.45) is 0 Å². The highest BCUT2D eigenvalue weighted by Crippen LogP contribution is 2.45. The van der Waals surface area contributed by atoms with E-state index in [9.17, 15) is 0 Å². The molecular weight excluding hydrogens is 599 g/mol. The van der Waals surface area contributed by atoms with E-state index in [1.54, 1.807) is 0 Å². The summed E-state index contributed by atoms with van der Waals surface area (Å²) in [6, 6.07) is 62.2. The SMILES string of the molecule is c1ccc(-c2ccc(-c3ccc4ccccc4c3)cc2N(c2ccc3c(c2)oc2ccccc23)c2ccc3oc4ccccc4c3c2)cc1. The number of benzene rings is 8. The molecule has 0 N–H and O–H groups in total. The zero-order chi connectivity index (χ0) is 32.3. The first kappa shape index (κ1) is 27.5. The van der Waals surface area contributed by atoms with Gasteiger partial charge in [0.25, 0.3) is 0 Å². The quantitative estimate of drug-likeness (QED) is 0.190. The molecule has 0 unspecified atom stereocenters. The third kappa shape index (κ3) is 4.59. The van der Waals surface area contributed by atoms with Crippen LogP contribution in [0, 0.1) is 0 Å². The highest BCUT2D eigenvalue weighted by Gasteiger charge is 2.21. The van der Waals surface area contributed by atoms with Gasteiger partial charge >= 0.3 is 0 Å². The van der Waals surface area contributed by atoms with E-state index in [-0.39, 0.29) is 0 Å². The minimum atomic E-state index is 0.852. The summed E-state index contributed by atoms with van der Waals surface area (Å²) in [5.41, 5.74) is 11.2. The van der Waals surface area contributed by atoms with Crippen molar-refractivity contribution in [3.8, 4) is 22.3 Å². The molecule has 3 heteroatoms. The van der Waals surface area contributed by atoms with Gasteiger partial charge < -0.3 is 13.7 Å². The summed E-state index contributed by atoms with van der Waals surface area (Å²) in [5, 5.41) is 6.84. The number of hydrogen-bond acceptors (Lipinski definition) is 3. The van der Waals surface area contributed by atoms with Crippen molar-refractivity contribution in [1.82, 2.24) is 0 Å². The van der Waals surface area contributed by atoms with E-state index in [1.807, 2.05) is 24.3 Å². The van der Waals surface area contributed by atoms with Gasteiger partial charge in [0.1, 0.15) is 22.3 Å². The molecule has 2 heterocycles. The molecule has 10 aromatic rings. The van der Waals surface area contributed by atoms with Crippen molar-refractivity contribution in [2.45, 2.75) is 0 Å². The third-order valence-corrected chi connectivity index (χ3v) is 9.65. The molecule has 0 amide bonds. The number of furan rings is 2. The van der Waals surface area contributed by atoms with Crippen LogP contribution in [0.1, 0.15) is 0 Å². The molecule has 0 atom stereocenters. The predicted molar refractivity (Wildman–Crippen MR) is 204 cm³/mol. The van der Waals surface area contributed by atoms with E-state index in [4.69, 9.17) is 8.83 Å². The Balaban J connectivity index is 1.25. The number of nitrogens with zero attached hydrogens (tertiary/aromatic N) is 1. The molecule has 230 valence electrons. The Hall–Kier alpha value is -6.58. The maximum Gasteiger partial charge on any atom is 0.137 e. The highest BCUT2D eigenvalue weighted by molar-refractivity contribution is 6.08. The topological polar surface area (TPSA) is 29.5 Å². The summed E-state index contributed by atoms with van der Waals surface area (Å²) in [6.45, 7) is 0. The lowest BCUT2D eigenvalue weighted by Crippen LogP contribution is -2.11. The summed E-state index contributed by atoms with van der Waals surface area (Å²) < 4.78 is 12.7. The van der Waals surface area contributed by atoms with Crippen molar-refractivity contribution < 1.29 is 8.83 Å². The summed E-state index contributed by atoms with van der Waals surface area (Å²) in [4.78, 5) is 2.36. The molecule has 49 heavy (non-hydrogen) atoms. The molecule has 0 saturated carbocycles. The molecule has 3 nitrogen and oxygen atoms in total. The maximum atomic E-state index is 6.44. The van der Waals surface area contributed by atoms with Gasteiger partial charge in [-0.25, -0.2) is 0 Å². The minimum absolute atomic E-state index is 0.852. The van der Waals surface area contributed by atoms with Crippen molar-refractivity contribution in [2.75, 3.05) is 4.90 Å². The van der Waals surface area contributed by atoms with Gasteiger partial charge in [0.2, 0.25) is 0 Å². The molecule has 0 aliphatic rings.